The molecule has 1 N–H and O–H groups in total. The van der Waals surface area contributed by atoms with Gasteiger partial charge in [0.1, 0.15) is 11.5 Å². The Labute approximate surface area is 99.8 Å². The summed E-state index contributed by atoms with van der Waals surface area (Å²) < 4.78 is 7.22. The Morgan fingerprint density at radius 2 is 2.53 bits per heavy atom. The van der Waals surface area contributed by atoms with Gasteiger partial charge in [0.2, 0.25) is 0 Å². The molecule has 5 heteroatoms. The number of nitrogens with one attached hydrogen (secondary N) is 1. The molecule has 1 aliphatic rings. The van der Waals surface area contributed by atoms with Crippen LogP contribution in [-0.2, 0) is 6.54 Å². The lowest BCUT2D eigenvalue weighted by Gasteiger charge is -2.12. The van der Waals surface area contributed by atoms with Gasteiger partial charge in [-0.25, -0.2) is 4.98 Å². The third-order valence-corrected chi connectivity index (χ3v) is 3.17. The Bertz CT molecular complexity index is 496. The van der Waals surface area contributed by atoms with Gasteiger partial charge in [0.05, 0.1) is 18.6 Å². The fourth-order valence-electron chi connectivity index (χ4n) is 2.36. The molecule has 0 spiro atoms. The maximum atomic E-state index is 5.08. The first-order valence-corrected chi connectivity index (χ1v) is 5.98. The van der Waals surface area contributed by atoms with Gasteiger partial charge >= 0.3 is 0 Å². The first-order valence-electron chi connectivity index (χ1n) is 5.98. The van der Waals surface area contributed by atoms with Gasteiger partial charge in [-0.15, -0.1) is 0 Å². The van der Waals surface area contributed by atoms with Crippen molar-refractivity contribution in [1.82, 2.24) is 20.0 Å². The van der Waals surface area contributed by atoms with E-state index in [1.54, 1.807) is 0 Å². The third-order valence-electron chi connectivity index (χ3n) is 3.17. The minimum Gasteiger partial charge on any atom is -0.361 e. The second kappa shape index (κ2) is 4.33. The molecule has 2 aromatic rings. The highest BCUT2D eigenvalue weighted by molar-refractivity contribution is 5.11. The molecule has 1 fully saturated rings. The number of nitrogens with zero attached hydrogens (tertiary/aromatic N) is 3. The molecule has 2 aromatic heterocycles. The summed E-state index contributed by atoms with van der Waals surface area (Å²) in [7, 11) is 0. The predicted octanol–water partition coefficient (Wildman–Crippen LogP) is 1.65. The quantitative estimate of drug-likeness (QED) is 0.874. The van der Waals surface area contributed by atoms with Crippen LogP contribution in [-0.4, -0.2) is 21.3 Å². The number of rotatable bonds is 3. The van der Waals surface area contributed by atoms with Crippen LogP contribution in [0.4, 0.5) is 0 Å². The fourth-order valence-corrected chi connectivity index (χ4v) is 2.36. The van der Waals surface area contributed by atoms with E-state index in [0.717, 1.165) is 24.5 Å². The summed E-state index contributed by atoms with van der Waals surface area (Å²) >= 11 is 0. The summed E-state index contributed by atoms with van der Waals surface area (Å²) in [4.78, 5) is 4.23. The van der Waals surface area contributed by atoms with Gasteiger partial charge < -0.3 is 14.4 Å². The van der Waals surface area contributed by atoms with E-state index in [2.05, 4.69) is 20.0 Å². The summed E-state index contributed by atoms with van der Waals surface area (Å²) in [5, 5.41) is 7.50. The summed E-state index contributed by atoms with van der Waals surface area (Å²) in [6.07, 6.45) is 6.22. The summed E-state index contributed by atoms with van der Waals surface area (Å²) in [5.41, 5.74) is 2.18. The molecule has 1 saturated heterocycles. The van der Waals surface area contributed by atoms with Crippen molar-refractivity contribution < 1.29 is 4.52 Å². The zero-order valence-corrected chi connectivity index (χ0v) is 9.89. The molecule has 1 aliphatic heterocycles. The highest BCUT2D eigenvalue weighted by atomic mass is 16.5. The zero-order chi connectivity index (χ0) is 11.7. The zero-order valence-electron chi connectivity index (χ0n) is 9.89. The SMILES string of the molecule is Cc1cc(Cn2cncc2C2CCCN2)no1. The lowest BCUT2D eigenvalue weighted by Crippen LogP contribution is -2.17. The van der Waals surface area contributed by atoms with Crippen LogP contribution in [0.25, 0.3) is 0 Å². The van der Waals surface area contributed by atoms with Crippen molar-refractivity contribution >= 4 is 0 Å². The van der Waals surface area contributed by atoms with Crippen LogP contribution in [0, 0.1) is 6.92 Å². The Morgan fingerprint density at radius 3 is 3.24 bits per heavy atom. The van der Waals surface area contributed by atoms with Crippen molar-refractivity contribution in [2.45, 2.75) is 32.4 Å². The molecule has 0 amide bonds. The second-order valence-corrected chi connectivity index (χ2v) is 4.52. The molecule has 3 heterocycles. The molecule has 5 nitrogen and oxygen atoms in total. The fraction of sp³-hybridized carbons (Fsp3) is 0.500. The van der Waals surface area contributed by atoms with Crippen molar-refractivity contribution in [2.75, 3.05) is 6.54 Å². The topological polar surface area (TPSA) is 55.9 Å². The molecule has 0 bridgehead atoms. The minimum absolute atomic E-state index is 0.436. The van der Waals surface area contributed by atoms with Crippen LogP contribution < -0.4 is 5.32 Å². The van der Waals surface area contributed by atoms with Crippen molar-refractivity contribution in [3.05, 3.63) is 35.7 Å². The van der Waals surface area contributed by atoms with Crippen molar-refractivity contribution in [2.24, 2.45) is 0 Å². The van der Waals surface area contributed by atoms with Crippen molar-refractivity contribution in [3.63, 3.8) is 0 Å². The van der Waals surface area contributed by atoms with Gasteiger partial charge in [-0.05, 0) is 26.3 Å². The van der Waals surface area contributed by atoms with Gasteiger partial charge in [0.15, 0.2) is 0 Å². The number of imidazole rings is 1. The molecule has 0 radical (unpaired) electrons. The number of hydrogen-bond donors (Lipinski definition) is 1. The summed E-state index contributed by atoms with van der Waals surface area (Å²) in [5.74, 6) is 0.848. The van der Waals surface area contributed by atoms with Crippen molar-refractivity contribution in [1.29, 1.82) is 0 Å². The first kappa shape index (κ1) is 10.5. The third kappa shape index (κ3) is 2.10. The lowest BCUT2D eigenvalue weighted by molar-refractivity contribution is 0.388. The molecule has 17 heavy (non-hydrogen) atoms. The highest BCUT2D eigenvalue weighted by Crippen LogP contribution is 2.23. The van der Waals surface area contributed by atoms with Gasteiger partial charge in [0.25, 0.3) is 0 Å². The average molecular weight is 232 g/mol. The highest BCUT2D eigenvalue weighted by Gasteiger charge is 2.20. The van der Waals surface area contributed by atoms with Gasteiger partial charge in [-0.3, -0.25) is 0 Å². The number of aryl methyl sites for hydroxylation is 1. The first-order chi connectivity index (χ1) is 8.33. The summed E-state index contributed by atoms with van der Waals surface area (Å²) in [6.45, 7) is 3.73. The second-order valence-electron chi connectivity index (χ2n) is 4.52. The van der Waals surface area contributed by atoms with Crippen molar-refractivity contribution in [3.8, 4) is 0 Å². The van der Waals surface area contributed by atoms with Crippen LogP contribution in [0.2, 0.25) is 0 Å². The van der Waals surface area contributed by atoms with Gasteiger partial charge in [0, 0.05) is 18.3 Å². The summed E-state index contributed by atoms with van der Waals surface area (Å²) in [6, 6.07) is 2.40. The number of aromatic nitrogens is 3. The molecule has 0 aromatic carbocycles. The molecule has 0 aliphatic carbocycles. The maximum Gasteiger partial charge on any atom is 0.133 e. The largest absolute Gasteiger partial charge is 0.361 e. The van der Waals surface area contributed by atoms with E-state index in [1.807, 2.05) is 25.5 Å². The van der Waals surface area contributed by atoms with Crippen LogP contribution in [0.1, 0.15) is 36.0 Å². The normalized spacial score (nSPS) is 19.9. The lowest BCUT2D eigenvalue weighted by atomic mass is 10.2. The molecular weight excluding hydrogens is 216 g/mol. The van der Waals surface area contributed by atoms with E-state index in [0.29, 0.717) is 6.04 Å². The predicted molar refractivity (Wildman–Crippen MR) is 62.5 cm³/mol. The van der Waals surface area contributed by atoms with E-state index in [4.69, 9.17) is 4.52 Å². The standard InChI is InChI=1S/C12H16N4O/c1-9-5-10(15-17-9)7-16-8-13-6-12(16)11-3-2-4-14-11/h5-6,8,11,14H,2-4,7H2,1H3. The number of hydrogen-bond acceptors (Lipinski definition) is 4. The van der Waals surface area contributed by atoms with Crippen LogP contribution in [0.5, 0.6) is 0 Å². The van der Waals surface area contributed by atoms with E-state index in [-0.39, 0.29) is 0 Å². The minimum atomic E-state index is 0.436. The van der Waals surface area contributed by atoms with E-state index < -0.39 is 0 Å². The molecule has 90 valence electrons. The smallest absolute Gasteiger partial charge is 0.133 e. The molecule has 1 unspecified atom stereocenters. The monoisotopic (exact) mass is 232 g/mol. The molecular formula is C12H16N4O. The van der Waals surface area contributed by atoms with E-state index >= 15 is 0 Å². The average Bonchev–Trinajstić information content (AvgIpc) is 3.00. The van der Waals surface area contributed by atoms with E-state index in [9.17, 15) is 0 Å². The van der Waals surface area contributed by atoms with Crippen LogP contribution in [0.15, 0.2) is 23.1 Å². The Hall–Kier alpha value is -1.62. The molecule has 1 atom stereocenters. The van der Waals surface area contributed by atoms with Gasteiger partial charge in [-0.2, -0.15) is 0 Å². The molecule has 0 saturated carbocycles. The molecule has 3 rings (SSSR count). The maximum absolute atomic E-state index is 5.08. The Kier molecular flexibility index (Phi) is 2.68. The van der Waals surface area contributed by atoms with E-state index in [1.165, 1.54) is 18.5 Å². The van der Waals surface area contributed by atoms with Crippen LogP contribution >= 0.6 is 0 Å². The Balaban J connectivity index is 1.81. The Morgan fingerprint density at radius 1 is 1.59 bits per heavy atom. The van der Waals surface area contributed by atoms with Crippen LogP contribution in [0.3, 0.4) is 0 Å². The van der Waals surface area contributed by atoms with Gasteiger partial charge in [-0.1, -0.05) is 5.16 Å².